The third kappa shape index (κ3) is 6.45. The van der Waals surface area contributed by atoms with E-state index in [1.54, 1.807) is 0 Å². The smallest absolute Gasteiger partial charge is 0.328 e. The number of hydrogen-bond donors (Lipinski definition) is 2. The number of benzene rings is 1. The Kier molecular flexibility index (Phi) is 9.52. The van der Waals surface area contributed by atoms with E-state index in [1.807, 2.05) is 34.6 Å². The van der Waals surface area contributed by atoms with Gasteiger partial charge in [0.2, 0.25) is 0 Å². The maximum Gasteiger partial charge on any atom is 0.328 e. The van der Waals surface area contributed by atoms with E-state index in [2.05, 4.69) is 0 Å². The van der Waals surface area contributed by atoms with Crippen molar-refractivity contribution in [3.8, 4) is 11.5 Å². The molecule has 4 N–H and O–H groups in total. The topological polar surface area (TPSA) is 114 Å². The van der Waals surface area contributed by atoms with Gasteiger partial charge < -0.3 is 25.7 Å². The molecular weight excluding hydrogens is 408 g/mol. The zero-order valence-electron chi connectivity index (χ0n) is 20.3. The van der Waals surface area contributed by atoms with Gasteiger partial charge in [0, 0.05) is 12.0 Å². The van der Waals surface area contributed by atoms with E-state index in [9.17, 15) is 9.59 Å². The van der Waals surface area contributed by atoms with Gasteiger partial charge in [-0.3, -0.25) is 4.79 Å². The molecule has 2 rings (SSSR count). The lowest BCUT2D eigenvalue weighted by molar-refractivity contribution is -0.150. The predicted molar refractivity (Wildman–Crippen MR) is 125 cm³/mol. The zero-order valence-corrected chi connectivity index (χ0v) is 20.3. The Balaban J connectivity index is 2.15. The molecule has 0 bridgehead atoms. The van der Waals surface area contributed by atoms with Gasteiger partial charge in [-0.05, 0) is 83.0 Å². The summed E-state index contributed by atoms with van der Waals surface area (Å²) in [7, 11) is 0. The molecule has 7 heteroatoms. The number of carbonyl (C=O) groups is 2. The number of ether oxygens (including phenoxy) is 3. The molecule has 0 saturated carbocycles. The van der Waals surface area contributed by atoms with E-state index in [0.717, 1.165) is 60.1 Å². The minimum Gasteiger partial charge on any atom is -0.483 e. The summed E-state index contributed by atoms with van der Waals surface area (Å²) < 4.78 is 17.6. The first kappa shape index (κ1) is 26.1. The van der Waals surface area contributed by atoms with Crippen LogP contribution in [0.2, 0.25) is 0 Å². The fraction of sp³-hybridized carbons (Fsp3) is 0.680. The molecule has 2 atom stereocenters. The molecule has 0 amide bonds. The van der Waals surface area contributed by atoms with Crippen molar-refractivity contribution < 1.29 is 23.8 Å². The van der Waals surface area contributed by atoms with Gasteiger partial charge in [-0.2, -0.15) is 0 Å². The molecule has 1 unspecified atom stereocenters. The summed E-state index contributed by atoms with van der Waals surface area (Å²) in [5.41, 5.74) is 14.7. The van der Waals surface area contributed by atoms with Crippen LogP contribution in [0.4, 0.5) is 0 Å². The van der Waals surface area contributed by atoms with Crippen LogP contribution < -0.4 is 20.9 Å². The number of rotatable bonds is 11. The van der Waals surface area contributed by atoms with Gasteiger partial charge in [-0.25, -0.2) is 4.79 Å². The molecule has 0 saturated heterocycles. The average molecular weight is 449 g/mol. The van der Waals surface area contributed by atoms with Gasteiger partial charge in [-0.15, -0.1) is 0 Å². The quantitative estimate of drug-likeness (QED) is 0.301. The molecule has 1 aromatic carbocycles. The van der Waals surface area contributed by atoms with Crippen molar-refractivity contribution in [2.75, 3.05) is 13.2 Å². The number of nitrogens with two attached hydrogens (primary N) is 2. The highest BCUT2D eigenvalue weighted by Crippen LogP contribution is 2.44. The Morgan fingerprint density at radius 3 is 2.50 bits per heavy atom. The summed E-state index contributed by atoms with van der Waals surface area (Å²) in [6.45, 7) is 10.7. The monoisotopic (exact) mass is 448 g/mol. The summed E-state index contributed by atoms with van der Waals surface area (Å²) in [5, 5.41) is 0. The van der Waals surface area contributed by atoms with Crippen LogP contribution in [0.1, 0.15) is 81.0 Å². The second kappa shape index (κ2) is 11.7. The van der Waals surface area contributed by atoms with Crippen molar-refractivity contribution >= 4 is 11.9 Å². The van der Waals surface area contributed by atoms with Gasteiger partial charge in [0.15, 0.2) is 0 Å². The number of hydrogen-bond acceptors (Lipinski definition) is 7. The van der Waals surface area contributed by atoms with Gasteiger partial charge in [0.05, 0.1) is 0 Å². The molecule has 1 aromatic rings. The Morgan fingerprint density at radius 1 is 1.12 bits per heavy atom. The van der Waals surface area contributed by atoms with Crippen LogP contribution >= 0.6 is 0 Å². The van der Waals surface area contributed by atoms with Crippen molar-refractivity contribution in [1.82, 2.24) is 0 Å². The number of fused-ring (bicyclic) bond motifs is 1. The molecule has 0 aromatic heterocycles. The second-order valence-electron chi connectivity index (χ2n) is 9.14. The summed E-state index contributed by atoms with van der Waals surface area (Å²) in [5.74, 6) is 0.758. The van der Waals surface area contributed by atoms with Crippen molar-refractivity contribution in [2.45, 2.75) is 97.6 Å². The van der Waals surface area contributed by atoms with Gasteiger partial charge in [-0.1, -0.05) is 19.8 Å². The Morgan fingerprint density at radius 2 is 1.84 bits per heavy atom. The standard InChI is InChI=1S/C25H40N2O5/c1-6-7-11-21(28)30-15-25(5)13-12-19-18(4)22(16(2)17(3)23(19)32-25)31-24(29)20(27)10-8-9-14-26/h20H,6-15,26-27H2,1-5H3/t20-,25?/m0/s1. The Labute approximate surface area is 192 Å². The predicted octanol–water partition coefficient (Wildman–Crippen LogP) is 3.79. The van der Waals surface area contributed by atoms with Crippen LogP contribution in [0.15, 0.2) is 0 Å². The molecular formula is C25H40N2O5. The highest BCUT2D eigenvalue weighted by Gasteiger charge is 2.36. The molecule has 0 aliphatic carbocycles. The van der Waals surface area contributed by atoms with Crippen molar-refractivity contribution in [3.05, 3.63) is 22.3 Å². The van der Waals surface area contributed by atoms with Gasteiger partial charge in [0.25, 0.3) is 0 Å². The molecule has 0 spiro atoms. The number of unbranched alkanes of at least 4 members (excludes halogenated alkanes) is 2. The third-order valence-electron chi connectivity index (χ3n) is 6.31. The second-order valence-corrected chi connectivity index (χ2v) is 9.14. The van der Waals surface area contributed by atoms with Crippen molar-refractivity contribution in [3.63, 3.8) is 0 Å². The molecule has 32 heavy (non-hydrogen) atoms. The number of esters is 2. The summed E-state index contributed by atoms with van der Waals surface area (Å²) in [6.07, 6.45) is 5.85. The van der Waals surface area contributed by atoms with E-state index in [4.69, 9.17) is 25.7 Å². The molecule has 0 radical (unpaired) electrons. The van der Waals surface area contributed by atoms with E-state index >= 15 is 0 Å². The van der Waals surface area contributed by atoms with Crippen LogP contribution in [-0.4, -0.2) is 36.7 Å². The van der Waals surface area contributed by atoms with Crippen molar-refractivity contribution in [2.24, 2.45) is 11.5 Å². The van der Waals surface area contributed by atoms with E-state index in [1.165, 1.54) is 0 Å². The van der Waals surface area contributed by atoms with Crippen LogP contribution in [0, 0.1) is 20.8 Å². The molecule has 0 fully saturated rings. The maximum absolute atomic E-state index is 12.6. The van der Waals surface area contributed by atoms with Crippen molar-refractivity contribution in [1.29, 1.82) is 0 Å². The molecule has 1 aliphatic heterocycles. The Bertz CT molecular complexity index is 823. The highest BCUT2D eigenvalue weighted by atomic mass is 16.6. The van der Waals surface area contributed by atoms with Gasteiger partial charge >= 0.3 is 11.9 Å². The third-order valence-corrected chi connectivity index (χ3v) is 6.31. The minimum atomic E-state index is -0.668. The zero-order chi connectivity index (χ0) is 23.9. The summed E-state index contributed by atoms with van der Waals surface area (Å²) in [6, 6.07) is -0.668. The minimum absolute atomic E-state index is 0.184. The highest BCUT2D eigenvalue weighted by molar-refractivity contribution is 5.79. The Hall–Kier alpha value is -2.12. The van der Waals surface area contributed by atoms with E-state index < -0.39 is 17.6 Å². The SMILES string of the molecule is CCCCC(=O)OCC1(C)CCc2c(C)c(OC(=O)[C@@H](N)CCCCN)c(C)c(C)c2O1. The van der Waals surface area contributed by atoms with E-state index in [-0.39, 0.29) is 12.6 Å². The van der Waals surface area contributed by atoms with Crippen LogP contribution in [0.25, 0.3) is 0 Å². The van der Waals surface area contributed by atoms with Crippen LogP contribution in [-0.2, 0) is 20.7 Å². The van der Waals surface area contributed by atoms with Crippen LogP contribution in [0.5, 0.6) is 11.5 Å². The first-order chi connectivity index (χ1) is 15.1. The average Bonchev–Trinajstić information content (AvgIpc) is 2.77. The summed E-state index contributed by atoms with van der Waals surface area (Å²) >= 11 is 0. The maximum atomic E-state index is 12.6. The lowest BCUT2D eigenvalue weighted by Crippen LogP contribution is -2.42. The fourth-order valence-electron chi connectivity index (χ4n) is 3.97. The molecule has 1 aliphatic rings. The van der Waals surface area contributed by atoms with E-state index in [0.29, 0.717) is 31.6 Å². The largest absolute Gasteiger partial charge is 0.483 e. The normalized spacial score (nSPS) is 18.5. The number of carbonyl (C=O) groups excluding carboxylic acids is 2. The molecule has 180 valence electrons. The lowest BCUT2D eigenvalue weighted by Gasteiger charge is -2.37. The fourth-order valence-corrected chi connectivity index (χ4v) is 3.97. The summed E-state index contributed by atoms with van der Waals surface area (Å²) in [4.78, 5) is 24.5. The molecule has 1 heterocycles. The van der Waals surface area contributed by atoms with Gasteiger partial charge in [0.1, 0.15) is 29.7 Å². The van der Waals surface area contributed by atoms with Crippen LogP contribution in [0.3, 0.4) is 0 Å². The first-order valence-corrected chi connectivity index (χ1v) is 11.8. The molecule has 7 nitrogen and oxygen atoms in total. The lowest BCUT2D eigenvalue weighted by atomic mass is 9.87. The first-order valence-electron chi connectivity index (χ1n) is 11.8.